The fourth-order valence-electron chi connectivity index (χ4n) is 2.55. The van der Waals surface area contributed by atoms with Crippen molar-refractivity contribution in [2.45, 2.75) is 25.7 Å². The second-order valence-corrected chi connectivity index (χ2v) is 5.15. The summed E-state index contributed by atoms with van der Waals surface area (Å²) in [6.07, 6.45) is 5.37. The molecule has 1 fully saturated rings. The zero-order chi connectivity index (χ0) is 13.7. The molecule has 1 aromatic rings. The summed E-state index contributed by atoms with van der Waals surface area (Å²) in [5.74, 6) is 0.819. The van der Waals surface area contributed by atoms with Gasteiger partial charge in [-0.05, 0) is 36.8 Å². The average molecular weight is 295 g/mol. The Bertz CT molecular complexity index is 454. The molecule has 1 aliphatic heterocycles. The van der Waals surface area contributed by atoms with Gasteiger partial charge in [-0.15, -0.1) is 19.0 Å². The number of carbonyl (C=O) groups excluding carboxylic acids is 1. The van der Waals surface area contributed by atoms with Crippen molar-refractivity contribution in [1.29, 1.82) is 0 Å². The molecule has 1 saturated heterocycles. The zero-order valence-corrected chi connectivity index (χ0v) is 12.6. The lowest BCUT2D eigenvalue weighted by atomic mass is 9.96. The molecule has 0 atom stereocenters. The van der Waals surface area contributed by atoms with E-state index in [9.17, 15) is 4.79 Å². The maximum Gasteiger partial charge on any atom is 0.222 e. The van der Waals surface area contributed by atoms with Crippen LogP contribution in [-0.2, 0) is 11.2 Å². The van der Waals surface area contributed by atoms with E-state index in [1.807, 2.05) is 35.2 Å². The van der Waals surface area contributed by atoms with Crippen LogP contribution in [0, 0.1) is 5.92 Å². The number of piperidine rings is 1. The van der Waals surface area contributed by atoms with E-state index in [0.29, 0.717) is 12.3 Å². The lowest BCUT2D eigenvalue weighted by Crippen LogP contribution is -2.38. The molecule has 0 saturated carbocycles. The van der Waals surface area contributed by atoms with Gasteiger partial charge in [0.2, 0.25) is 5.91 Å². The van der Waals surface area contributed by atoms with Crippen molar-refractivity contribution in [2.24, 2.45) is 5.92 Å². The van der Waals surface area contributed by atoms with E-state index in [1.165, 1.54) is 0 Å². The Labute approximate surface area is 127 Å². The average Bonchev–Trinajstić information content (AvgIpc) is 2.46. The van der Waals surface area contributed by atoms with Crippen LogP contribution in [0.15, 0.2) is 36.9 Å². The van der Waals surface area contributed by atoms with Crippen LogP contribution in [0.1, 0.15) is 24.8 Å². The first-order valence-corrected chi connectivity index (χ1v) is 6.94. The van der Waals surface area contributed by atoms with Crippen molar-refractivity contribution in [1.82, 2.24) is 4.90 Å². The third kappa shape index (κ3) is 4.27. The standard InChI is InChI=1S/C16H22N2O.ClH/c1-2-13-9-11-18(12-10-13)16(19)8-7-14-5-3-4-6-15(14)17;/h2-6,13H,1,7-12,17H2;1H. The van der Waals surface area contributed by atoms with E-state index in [0.717, 1.165) is 43.6 Å². The van der Waals surface area contributed by atoms with Gasteiger partial charge in [-0.1, -0.05) is 24.3 Å². The maximum atomic E-state index is 12.1. The zero-order valence-electron chi connectivity index (χ0n) is 11.8. The number of hydrogen-bond donors (Lipinski definition) is 1. The number of carbonyl (C=O) groups is 1. The molecule has 0 bridgehead atoms. The molecule has 1 aliphatic rings. The van der Waals surface area contributed by atoms with E-state index in [2.05, 4.69) is 6.58 Å². The largest absolute Gasteiger partial charge is 0.399 e. The number of allylic oxidation sites excluding steroid dienone is 1. The summed E-state index contributed by atoms with van der Waals surface area (Å²) in [4.78, 5) is 14.1. The minimum Gasteiger partial charge on any atom is -0.399 e. The smallest absolute Gasteiger partial charge is 0.222 e. The first kappa shape index (κ1) is 16.6. The van der Waals surface area contributed by atoms with E-state index in [1.54, 1.807) is 0 Å². The number of hydrogen-bond acceptors (Lipinski definition) is 2. The van der Waals surface area contributed by atoms with Crippen molar-refractivity contribution in [3.05, 3.63) is 42.5 Å². The fourth-order valence-corrected chi connectivity index (χ4v) is 2.55. The predicted octanol–water partition coefficient (Wildman–Crippen LogP) is 3.05. The van der Waals surface area contributed by atoms with Gasteiger partial charge in [0.15, 0.2) is 0 Å². The monoisotopic (exact) mass is 294 g/mol. The van der Waals surface area contributed by atoms with Gasteiger partial charge < -0.3 is 10.6 Å². The number of amides is 1. The summed E-state index contributed by atoms with van der Waals surface area (Å²) in [6.45, 7) is 5.54. The van der Waals surface area contributed by atoms with Crippen molar-refractivity contribution in [3.8, 4) is 0 Å². The third-order valence-corrected chi connectivity index (χ3v) is 3.89. The van der Waals surface area contributed by atoms with Crippen LogP contribution in [0.4, 0.5) is 5.69 Å². The number of rotatable bonds is 4. The Morgan fingerprint density at radius 2 is 2.00 bits per heavy atom. The van der Waals surface area contributed by atoms with Crippen LogP contribution in [0.25, 0.3) is 0 Å². The molecule has 0 aliphatic carbocycles. The minimum absolute atomic E-state index is 0. The Balaban J connectivity index is 0.00000200. The number of halogens is 1. The Kier molecular flexibility index (Phi) is 6.59. The number of aryl methyl sites for hydroxylation is 1. The Morgan fingerprint density at radius 3 is 2.60 bits per heavy atom. The van der Waals surface area contributed by atoms with Crippen LogP contribution in [0.2, 0.25) is 0 Å². The Hall–Kier alpha value is -1.48. The number of para-hydroxylation sites is 1. The summed E-state index contributed by atoms with van der Waals surface area (Å²) >= 11 is 0. The first-order chi connectivity index (χ1) is 9.20. The highest BCUT2D eigenvalue weighted by molar-refractivity contribution is 5.85. The van der Waals surface area contributed by atoms with Gasteiger partial charge in [-0.25, -0.2) is 0 Å². The topological polar surface area (TPSA) is 46.3 Å². The van der Waals surface area contributed by atoms with E-state index in [-0.39, 0.29) is 18.3 Å². The molecule has 1 aromatic carbocycles. The lowest BCUT2D eigenvalue weighted by Gasteiger charge is -2.30. The number of nitrogens with zero attached hydrogens (tertiary/aromatic N) is 1. The van der Waals surface area contributed by atoms with Gasteiger partial charge in [-0.3, -0.25) is 4.79 Å². The molecule has 2 N–H and O–H groups in total. The van der Waals surface area contributed by atoms with Gasteiger partial charge >= 0.3 is 0 Å². The molecule has 1 heterocycles. The highest BCUT2D eigenvalue weighted by Gasteiger charge is 2.20. The van der Waals surface area contributed by atoms with Crippen LogP contribution in [-0.4, -0.2) is 23.9 Å². The second-order valence-electron chi connectivity index (χ2n) is 5.15. The van der Waals surface area contributed by atoms with Gasteiger partial charge in [0, 0.05) is 25.2 Å². The molecule has 110 valence electrons. The molecular weight excluding hydrogens is 272 g/mol. The van der Waals surface area contributed by atoms with E-state index in [4.69, 9.17) is 5.73 Å². The van der Waals surface area contributed by atoms with Crippen LogP contribution < -0.4 is 5.73 Å². The van der Waals surface area contributed by atoms with Crippen molar-refractivity contribution >= 4 is 24.0 Å². The van der Waals surface area contributed by atoms with Crippen molar-refractivity contribution < 1.29 is 4.79 Å². The van der Waals surface area contributed by atoms with Crippen LogP contribution >= 0.6 is 12.4 Å². The molecular formula is C16H23ClN2O. The van der Waals surface area contributed by atoms with E-state index < -0.39 is 0 Å². The van der Waals surface area contributed by atoms with Gasteiger partial charge in [0.25, 0.3) is 0 Å². The number of likely N-dealkylation sites (tertiary alicyclic amines) is 1. The summed E-state index contributed by atoms with van der Waals surface area (Å²) in [6, 6.07) is 7.76. The molecule has 1 amide bonds. The summed E-state index contributed by atoms with van der Waals surface area (Å²) < 4.78 is 0. The minimum atomic E-state index is 0. The molecule has 3 nitrogen and oxygen atoms in total. The number of nitrogens with two attached hydrogens (primary N) is 1. The van der Waals surface area contributed by atoms with E-state index >= 15 is 0 Å². The van der Waals surface area contributed by atoms with Gasteiger partial charge in [-0.2, -0.15) is 0 Å². The molecule has 0 unspecified atom stereocenters. The second kappa shape index (κ2) is 7.95. The summed E-state index contributed by atoms with van der Waals surface area (Å²) in [7, 11) is 0. The molecule has 4 heteroatoms. The van der Waals surface area contributed by atoms with Crippen LogP contribution in [0.3, 0.4) is 0 Å². The highest BCUT2D eigenvalue weighted by Crippen LogP contribution is 2.19. The molecule has 20 heavy (non-hydrogen) atoms. The van der Waals surface area contributed by atoms with Crippen LogP contribution in [0.5, 0.6) is 0 Å². The fraction of sp³-hybridized carbons (Fsp3) is 0.438. The first-order valence-electron chi connectivity index (χ1n) is 6.94. The lowest BCUT2D eigenvalue weighted by molar-refractivity contribution is -0.132. The molecule has 0 radical (unpaired) electrons. The predicted molar refractivity (Wildman–Crippen MR) is 85.9 cm³/mol. The summed E-state index contributed by atoms with van der Waals surface area (Å²) in [5, 5.41) is 0. The highest BCUT2D eigenvalue weighted by atomic mass is 35.5. The molecule has 0 spiro atoms. The quantitative estimate of drug-likeness (QED) is 0.685. The number of anilines is 1. The van der Waals surface area contributed by atoms with Gasteiger partial charge in [0.1, 0.15) is 0 Å². The van der Waals surface area contributed by atoms with Crippen molar-refractivity contribution in [2.75, 3.05) is 18.8 Å². The van der Waals surface area contributed by atoms with Gasteiger partial charge in [0.05, 0.1) is 0 Å². The molecule has 2 rings (SSSR count). The Morgan fingerprint density at radius 1 is 1.35 bits per heavy atom. The number of nitrogen functional groups attached to an aromatic ring is 1. The normalized spacial score (nSPS) is 15.5. The van der Waals surface area contributed by atoms with Crippen molar-refractivity contribution in [3.63, 3.8) is 0 Å². The molecule has 0 aromatic heterocycles. The number of benzene rings is 1. The maximum absolute atomic E-state index is 12.1. The SMILES string of the molecule is C=CC1CCN(C(=O)CCc2ccccc2N)CC1.Cl. The summed E-state index contributed by atoms with van der Waals surface area (Å²) in [5.41, 5.74) is 7.73. The third-order valence-electron chi connectivity index (χ3n) is 3.89.